The summed E-state index contributed by atoms with van der Waals surface area (Å²) in [7, 11) is 0. The van der Waals surface area contributed by atoms with Gasteiger partial charge in [0.1, 0.15) is 12.4 Å². The van der Waals surface area contributed by atoms with Crippen molar-refractivity contribution in [3.8, 4) is 5.75 Å². The molecule has 0 aliphatic rings. The molecule has 2 nitrogen and oxygen atoms in total. The minimum absolute atomic E-state index is 0.492. The maximum Gasteiger partial charge on any atom is 0.134 e. The summed E-state index contributed by atoms with van der Waals surface area (Å²) in [4.78, 5) is 4.61. The van der Waals surface area contributed by atoms with E-state index in [0.717, 1.165) is 37.6 Å². The van der Waals surface area contributed by atoms with Gasteiger partial charge in [0.2, 0.25) is 0 Å². The van der Waals surface area contributed by atoms with Gasteiger partial charge in [-0.1, -0.05) is 35.9 Å². The van der Waals surface area contributed by atoms with E-state index in [0.29, 0.717) is 6.61 Å². The lowest BCUT2D eigenvalue weighted by atomic mass is 10.1. The summed E-state index contributed by atoms with van der Waals surface area (Å²) in [6.45, 7) is 4.63. The zero-order valence-corrected chi connectivity index (χ0v) is 17.0. The normalized spacial score (nSPS) is 11.1. The van der Waals surface area contributed by atoms with Crippen molar-refractivity contribution in [2.24, 2.45) is 4.99 Å². The maximum atomic E-state index is 5.90. The van der Waals surface area contributed by atoms with Crippen LogP contribution in [0, 0.1) is 13.8 Å². The van der Waals surface area contributed by atoms with E-state index in [4.69, 9.17) is 16.3 Å². The Morgan fingerprint density at radius 3 is 2.50 bits per heavy atom. The van der Waals surface area contributed by atoms with E-state index in [1.54, 1.807) is 0 Å². The zero-order valence-electron chi connectivity index (χ0n) is 14.7. The number of nitrogens with zero attached hydrogens (tertiary/aromatic N) is 1. The van der Waals surface area contributed by atoms with Crippen LogP contribution in [0.2, 0.25) is 5.02 Å². The topological polar surface area (TPSA) is 21.6 Å². The number of hydrogen-bond acceptors (Lipinski definition) is 2. The van der Waals surface area contributed by atoms with E-state index in [2.05, 4.69) is 53.0 Å². The van der Waals surface area contributed by atoms with Crippen molar-refractivity contribution in [2.45, 2.75) is 20.5 Å². The second-order valence-electron chi connectivity index (χ2n) is 6.15. The first-order chi connectivity index (χ1) is 12.5. The summed E-state index contributed by atoms with van der Waals surface area (Å²) in [6.07, 6.45) is 1.87. The average molecular weight is 429 g/mol. The first kappa shape index (κ1) is 18.7. The second kappa shape index (κ2) is 8.52. The SMILES string of the molecule is Cc1ccc(C)c(N=Cc2ccc(OCc3ccc(Cl)cc3)c(Br)c2)c1. The van der Waals surface area contributed by atoms with E-state index >= 15 is 0 Å². The second-order valence-corrected chi connectivity index (χ2v) is 7.44. The van der Waals surface area contributed by atoms with E-state index in [-0.39, 0.29) is 0 Å². The molecule has 0 spiro atoms. The number of halogens is 2. The Bertz CT molecular complexity index is 935. The smallest absolute Gasteiger partial charge is 0.134 e. The standard InChI is InChI=1S/C22H19BrClNO/c1-15-3-4-16(2)21(11-15)25-13-18-7-10-22(20(23)12-18)26-14-17-5-8-19(24)9-6-17/h3-13H,14H2,1-2H3. The molecule has 0 fully saturated rings. The van der Waals surface area contributed by atoms with Gasteiger partial charge in [-0.25, -0.2) is 0 Å². The van der Waals surface area contributed by atoms with Crippen LogP contribution in [0.25, 0.3) is 0 Å². The Labute approximate surface area is 167 Å². The Morgan fingerprint density at radius 2 is 1.77 bits per heavy atom. The van der Waals surface area contributed by atoms with Crippen LogP contribution in [0.15, 0.2) is 70.1 Å². The van der Waals surface area contributed by atoms with Gasteiger partial charge in [0.25, 0.3) is 0 Å². The molecular weight excluding hydrogens is 410 g/mol. The van der Waals surface area contributed by atoms with Crippen LogP contribution >= 0.6 is 27.5 Å². The van der Waals surface area contributed by atoms with Crippen molar-refractivity contribution in [1.29, 1.82) is 0 Å². The number of aliphatic imine (C=N–C) groups is 1. The first-order valence-electron chi connectivity index (χ1n) is 8.29. The minimum Gasteiger partial charge on any atom is -0.488 e. The highest BCUT2D eigenvalue weighted by Gasteiger charge is 2.03. The zero-order chi connectivity index (χ0) is 18.5. The van der Waals surface area contributed by atoms with Crippen LogP contribution in [0.5, 0.6) is 5.75 Å². The van der Waals surface area contributed by atoms with Gasteiger partial charge in [-0.05, 0) is 88.4 Å². The molecule has 3 rings (SSSR count). The number of ether oxygens (including phenoxy) is 1. The quantitative estimate of drug-likeness (QED) is 0.399. The molecule has 0 saturated carbocycles. The van der Waals surface area contributed by atoms with Crippen LogP contribution in [0.1, 0.15) is 22.3 Å². The van der Waals surface area contributed by atoms with Gasteiger partial charge >= 0.3 is 0 Å². The molecule has 132 valence electrons. The Kier molecular flexibility index (Phi) is 6.12. The van der Waals surface area contributed by atoms with E-state index in [9.17, 15) is 0 Å². The molecule has 3 aromatic rings. The van der Waals surface area contributed by atoms with Gasteiger partial charge in [0.05, 0.1) is 10.2 Å². The van der Waals surface area contributed by atoms with E-state index < -0.39 is 0 Å². The molecule has 0 radical (unpaired) electrons. The van der Waals surface area contributed by atoms with Crippen molar-refractivity contribution in [1.82, 2.24) is 0 Å². The molecule has 0 saturated heterocycles. The van der Waals surface area contributed by atoms with Gasteiger partial charge in [-0.2, -0.15) is 0 Å². The lowest BCUT2D eigenvalue weighted by Gasteiger charge is -2.09. The molecule has 3 aromatic carbocycles. The van der Waals surface area contributed by atoms with Crippen molar-refractivity contribution >= 4 is 39.4 Å². The summed E-state index contributed by atoms with van der Waals surface area (Å²) in [5.41, 5.74) is 5.44. The van der Waals surface area contributed by atoms with Crippen LogP contribution in [-0.4, -0.2) is 6.21 Å². The monoisotopic (exact) mass is 427 g/mol. The van der Waals surface area contributed by atoms with Gasteiger partial charge in [-0.15, -0.1) is 0 Å². The summed E-state index contributed by atoms with van der Waals surface area (Å²) in [5.74, 6) is 0.795. The van der Waals surface area contributed by atoms with Crippen LogP contribution in [0.3, 0.4) is 0 Å². The lowest BCUT2D eigenvalue weighted by Crippen LogP contribution is -1.96. The highest BCUT2D eigenvalue weighted by atomic mass is 79.9. The predicted molar refractivity (Wildman–Crippen MR) is 113 cm³/mol. The molecule has 0 N–H and O–H groups in total. The van der Waals surface area contributed by atoms with E-state index in [1.165, 1.54) is 5.56 Å². The Hall–Kier alpha value is -2.10. The van der Waals surface area contributed by atoms with Gasteiger partial charge < -0.3 is 4.74 Å². The Morgan fingerprint density at radius 1 is 1.00 bits per heavy atom. The molecule has 0 bridgehead atoms. The molecule has 0 heterocycles. The first-order valence-corrected chi connectivity index (χ1v) is 9.46. The van der Waals surface area contributed by atoms with Gasteiger partial charge in [-0.3, -0.25) is 4.99 Å². The van der Waals surface area contributed by atoms with Crippen molar-refractivity contribution in [2.75, 3.05) is 0 Å². The molecule has 0 amide bonds. The maximum absolute atomic E-state index is 5.90. The third-order valence-electron chi connectivity index (χ3n) is 3.98. The fraction of sp³-hybridized carbons (Fsp3) is 0.136. The fourth-order valence-electron chi connectivity index (χ4n) is 2.46. The Balaban J connectivity index is 1.69. The summed E-state index contributed by atoms with van der Waals surface area (Å²) >= 11 is 9.48. The van der Waals surface area contributed by atoms with E-state index in [1.807, 2.05) is 48.7 Å². The molecule has 4 heteroatoms. The number of benzene rings is 3. The molecule has 0 aromatic heterocycles. The molecule has 0 atom stereocenters. The lowest BCUT2D eigenvalue weighted by molar-refractivity contribution is 0.304. The predicted octanol–water partition coefficient (Wildman–Crippen LogP) is 7.05. The average Bonchev–Trinajstić information content (AvgIpc) is 2.63. The van der Waals surface area contributed by atoms with Crippen LogP contribution in [-0.2, 0) is 6.61 Å². The highest BCUT2D eigenvalue weighted by molar-refractivity contribution is 9.10. The summed E-state index contributed by atoms with van der Waals surface area (Å²) < 4.78 is 6.78. The van der Waals surface area contributed by atoms with Crippen LogP contribution in [0.4, 0.5) is 5.69 Å². The third kappa shape index (κ3) is 4.96. The highest BCUT2D eigenvalue weighted by Crippen LogP contribution is 2.27. The molecule has 0 aliphatic heterocycles. The third-order valence-corrected chi connectivity index (χ3v) is 4.85. The molecular formula is C22H19BrClNO. The molecule has 0 unspecified atom stereocenters. The van der Waals surface area contributed by atoms with Crippen molar-refractivity contribution in [3.05, 3.63) is 92.4 Å². The number of rotatable bonds is 5. The summed E-state index contributed by atoms with van der Waals surface area (Å²) in [5, 5.41) is 0.724. The molecule has 0 aliphatic carbocycles. The van der Waals surface area contributed by atoms with Crippen molar-refractivity contribution < 1.29 is 4.74 Å². The van der Waals surface area contributed by atoms with Crippen molar-refractivity contribution in [3.63, 3.8) is 0 Å². The number of hydrogen-bond donors (Lipinski definition) is 0. The largest absolute Gasteiger partial charge is 0.488 e. The minimum atomic E-state index is 0.492. The summed E-state index contributed by atoms with van der Waals surface area (Å²) in [6, 6.07) is 19.9. The number of aryl methyl sites for hydroxylation is 2. The van der Waals surface area contributed by atoms with Gasteiger partial charge in [0.15, 0.2) is 0 Å². The fourth-order valence-corrected chi connectivity index (χ4v) is 3.10. The van der Waals surface area contributed by atoms with Gasteiger partial charge in [0, 0.05) is 11.2 Å². The molecule has 26 heavy (non-hydrogen) atoms. The van der Waals surface area contributed by atoms with Crippen LogP contribution < -0.4 is 4.74 Å².